The van der Waals surface area contributed by atoms with Crippen LogP contribution in [-0.2, 0) is 20.7 Å². The minimum atomic E-state index is -0.358. The third-order valence-electron chi connectivity index (χ3n) is 5.14. The maximum absolute atomic E-state index is 12.8. The second kappa shape index (κ2) is 9.71. The van der Waals surface area contributed by atoms with Crippen LogP contribution in [0, 0.1) is 0 Å². The lowest BCUT2D eigenvalue weighted by Crippen LogP contribution is -2.34. The number of carbonyl (C=O) groups is 2. The Labute approximate surface area is 185 Å². The van der Waals surface area contributed by atoms with Crippen LogP contribution in [0.5, 0.6) is 0 Å². The molecule has 31 heavy (non-hydrogen) atoms. The maximum atomic E-state index is 12.8. The Morgan fingerprint density at radius 2 is 1.77 bits per heavy atom. The molecule has 4 rings (SSSR count). The molecule has 0 bridgehead atoms. The van der Waals surface area contributed by atoms with Gasteiger partial charge < -0.3 is 9.64 Å². The Hall–Kier alpha value is -3.25. The number of para-hydroxylation sites is 1. The maximum Gasteiger partial charge on any atom is 0.306 e. The van der Waals surface area contributed by atoms with Crippen LogP contribution in [0.2, 0.25) is 0 Å². The van der Waals surface area contributed by atoms with Crippen LogP contribution in [0.15, 0.2) is 66.7 Å². The number of fused-ring (bicyclic) bond motifs is 2. The molecule has 0 aliphatic rings. The molecule has 4 aromatic rings. The predicted octanol–water partition coefficient (Wildman–Crippen LogP) is 5.37. The summed E-state index contributed by atoms with van der Waals surface area (Å²) in [6.07, 6.45) is 1.64. The van der Waals surface area contributed by atoms with Crippen molar-refractivity contribution in [2.75, 3.05) is 18.1 Å². The summed E-state index contributed by atoms with van der Waals surface area (Å²) in [5, 5.41) is 3.08. The number of nitrogens with zero attached hydrogens (tertiary/aromatic N) is 2. The van der Waals surface area contributed by atoms with Gasteiger partial charge in [0, 0.05) is 18.4 Å². The molecule has 3 aromatic carbocycles. The number of carbonyl (C=O) groups excluding carboxylic acids is 2. The van der Waals surface area contributed by atoms with E-state index >= 15 is 0 Å². The second-order valence-electron chi connectivity index (χ2n) is 7.23. The monoisotopic (exact) mass is 432 g/mol. The van der Waals surface area contributed by atoms with E-state index in [1.807, 2.05) is 73.7 Å². The third kappa shape index (κ3) is 4.91. The lowest BCUT2D eigenvalue weighted by atomic mass is 10.1. The highest BCUT2D eigenvalue weighted by atomic mass is 32.1. The minimum Gasteiger partial charge on any atom is -0.456 e. The first-order chi connectivity index (χ1) is 15.2. The number of hydrogen-bond donors (Lipinski definition) is 0. The highest BCUT2D eigenvalue weighted by Gasteiger charge is 2.18. The predicted molar refractivity (Wildman–Crippen MR) is 125 cm³/mol. The molecule has 158 valence electrons. The van der Waals surface area contributed by atoms with E-state index in [0.29, 0.717) is 13.0 Å². The fourth-order valence-electron chi connectivity index (χ4n) is 3.63. The van der Waals surface area contributed by atoms with Crippen LogP contribution in [0.4, 0.5) is 5.69 Å². The number of aromatic nitrogens is 1. The number of amides is 1. The molecule has 6 heteroatoms. The first kappa shape index (κ1) is 21.0. The summed E-state index contributed by atoms with van der Waals surface area (Å²) in [7, 11) is 0. The first-order valence-electron chi connectivity index (χ1n) is 10.4. The summed E-state index contributed by atoms with van der Waals surface area (Å²) in [6, 6.07) is 21.8. The number of esters is 1. The molecule has 5 nitrogen and oxygen atoms in total. The fraction of sp³-hybridized carbons (Fsp3) is 0.240. The quantitative estimate of drug-likeness (QED) is 0.351. The van der Waals surface area contributed by atoms with E-state index in [2.05, 4.69) is 4.98 Å². The topological polar surface area (TPSA) is 59.5 Å². The number of ether oxygens (including phenoxy) is 1. The van der Waals surface area contributed by atoms with Crippen molar-refractivity contribution in [1.82, 2.24) is 4.98 Å². The number of aryl methyl sites for hydroxylation is 1. The highest BCUT2D eigenvalue weighted by Crippen LogP contribution is 2.27. The molecular formula is C25H24N2O3S. The second-order valence-corrected chi connectivity index (χ2v) is 8.34. The largest absolute Gasteiger partial charge is 0.456 e. The third-order valence-corrected chi connectivity index (χ3v) is 6.24. The van der Waals surface area contributed by atoms with Gasteiger partial charge in [-0.25, -0.2) is 4.98 Å². The SMILES string of the molecule is CCN(C(=O)COC(=O)CCCc1nc2ccccc2s1)c1cccc2ccccc12. The Bertz CT molecular complexity index is 1180. The van der Waals surface area contributed by atoms with Gasteiger partial charge in [0.25, 0.3) is 5.91 Å². The number of anilines is 1. The number of rotatable bonds is 8. The van der Waals surface area contributed by atoms with Crippen LogP contribution in [0.1, 0.15) is 24.8 Å². The summed E-state index contributed by atoms with van der Waals surface area (Å²) >= 11 is 1.65. The van der Waals surface area contributed by atoms with Gasteiger partial charge in [0.05, 0.1) is 20.9 Å². The van der Waals surface area contributed by atoms with Gasteiger partial charge in [-0.2, -0.15) is 0 Å². The van der Waals surface area contributed by atoms with Gasteiger partial charge >= 0.3 is 5.97 Å². The van der Waals surface area contributed by atoms with E-state index in [1.165, 1.54) is 0 Å². The van der Waals surface area contributed by atoms with E-state index in [4.69, 9.17) is 4.74 Å². The molecule has 1 amide bonds. The van der Waals surface area contributed by atoms with Crippen molar-refractivity contribution >= 4 is 49.9 Å². The average Bonchev–Trinajstić information content (AvgIpc) is 3.21. The minimum absolute atomic E-state index is 0.224. The van der Waals surface area contributed by atoms with E-state index < -0.39 is 0 Å². The molecule has 0 spiro atoms. The molecular weight excluding hydrogens is 408 g/mol. The number of thiazole rings is 1. The summed E-state index contributed by atoms with van der Waals surface area (Å²) in [5.41, 5.74) is 1.82. The lowest BCUT2D eigenvalue weighted by molar-refractivity contribution is -0.147. The molecule has 0 atom stereocenters. The molecule has 1 aromatic heterocycles. The molecule has 0 unspecified atom stereocenters. The van der Waals surface area contributed by atoms with Crippen LogP contribution >= 0.6 is 11.3 Å². The van der Waals surface area contributed by atoms with Gasteiger partial charge in [-0.15, -0.1) is 11.3 Å². The number of hydrogen-bond acceptors (Lipinski definition) is 5. The molecule has 0 aliphatic carbocycles. The van der Waals surface area contributed by atoms with Crippen molar-refractivity contribution in [2.45, 2.75) is 26.2 Å². The van der Waals surface area contributed by atoms with Crippen LogP contribution in [-0.4, -0.2) is 30.0 Å². The van der Waals surface area contributed by atoms with Crippen LogP contribution in [0.25, 0.3) is 21.0 Å². The molecule has 0 radical (unpaired) electrons. The van der Waals surface area contributed by atoms with Gasteiger partial charge in [-0.05, 0) is 43.4 Å². The van der Waals surface area contributed by atoms with E-state index in [0.717, 1.165) is 38.1 Å². The Balaban J connectivity index is 1.30. The standard InChI is InChI=1S/C25H24N2O3S/c1-2-27(21-13-7-10-18-9-3-4-11-19(18)21)24(28)17-30-25(29)16-8-15-23-26-20-12-5-6-14-22(20)31-23/h3-7,9-14H,2,8,15-17H2,1H3. The van der Waals surface area contributed by atoms with Crippen molar-refractivity contribution in [2.24, 2.45) is 0 Å². The normalized spacial score (nSPS) is 11.0. The summed E-state index contributed by atoms with van der Waals surface area (Å²) < 4.78 is 6.42. The zero-order chi connectivity index (χ0) is 21.6. The Morgan fingerprint density at radius 3 is 2.61 bits per heavy atom. The van der Waals surface area contributed by atoms with Crippen molar-refractivity contribution in [1.29, 1.82) is 0 Å². The number of benzene rings is 3. The fourth-order valence-corrected chi connectivity index (χ4v) is 4.64. The van der Waals surface area contributed by atoms with Gasteiger partial charge in [-0.3, -0.25) is 9.59 Å². The van der Waals surface area contributed by atoms with Gasteiger partial charge in [-0.1, -0.05) is 48.5 Å². The van der Waals surface area contributed by atoms with E-state index in [-0.39, 0.29) is 24.9 Å². The Morgan fingerprint density at radius 1 is 1.00 bits per heavy atom. The zero-order valence-corrected chi connectivity index (χ0v) is 18.2. The van der Waals surface area contributed by atoms with E-state index in [1.54, 1.807) is 16.2 Å². The summed E-state index contributed by atoms with van der Waals surface area (Å²) in [6.45, 7) is 2.17. The van der Waals surface area contributed by atoms with Gasteiger partial charge in [0.15, 0.2) is 6.61 Å². The van der Waals surface area contributed by atoms with Crippen molar-refractivity contribution < 1.29 is 14.3 Å². The van der Waals surface area contributed by atoms with Gasteiger partial charge in [0.2, 0.25) is 0 Å². The number of likely N-dealkylation sites (N-methyl/N-ethyl adjacent to an activating group) is 1. The lowest BCUT2D eigenvalue weighted by Gasteiger charge is -2.22. The molecule has 0 N–H and O–H groups in total. The van der Waals surface area contributed by atoms with Crippen molar-refractivity contribution in [3.05, 3.63) is 71.7 Å². The highest BCUT2D eigenvalue weighted by molar-refractivity contribution is 7.18. The molecule has 1 heterocycles. The first-order valence-corrected chi connectivity index (χ1v) is 11.3. The molecule has 0 saturated heterocycles. The molecule has 0 fully saturated rings. The zero-order valence-electron chi connectivity index (χ0n) is 17.4. The van der Waals surface area contributed by atoms with E-state index in [9.17, 15) is 9.59 Å². The smallest absolute Gasteiger partial charge is 0.306 e. The van der Waals surface area contributed by atoms with Gasteiger partial charge in [0.1, 0.15) is 0 Å². The van der Waals surface area contributed by atoms with Crippen LogP contribution < -0.4 is 4.90 Å². The van der Waals surface area contributed by atoms with Crippen molar-refractivity contribution in [3.63, 3.8) is 0 Å². The van der Waals surface area contributed by atoms with Crippen molar-refractivity contribution in [3.8, 4) is 0 Å². The summed E-state index contributed by atoms with van der Waals surface area (Å²) in [4.78, 5) is 31.2. The Kier molecular flexibility index (Phi) is 6.57. The molecule has 0 saturated carbocycles. The molecule has 0 aliphatic heterocycles. The summed E-state index contributed by atoms with van der Waals surface area (Å²) in [5.74, 6) is -0.582. The average molecular weight is 433 g/mol. The van der Waals surface area contributed by atoms with Crippen LogP contribution in [0.3, 0.4) is 0 Å².